The van der Waals surface area contributed by atoms with Crippen molar-refractivity contribution in [2.45, 2.75) is 170 Å². The van der Waals surface area contributed by atoms with Gasteiger partial charge in [-0.3, -0.25) is 0 Å². The van der Waals surface area contributed by atoms with Crippen LogP contribution in [0.2, 0.25) is 0 Å². The van der Waals surface area contributed by atoms with Gasteiger partial charge in [-0.25, -0.2) is 0 Å². The van der Waals surface area contributed by atoms with E-state index in [0.29, 0.717) is 0 Å². The molecule has 0 aromatic heterocycles. The number of hydrogen-bond donors (Lipinski definition) is 0. The van der Waals surface area contributed by atoms with Crippen LogP contribution < -0.4 is 20.4 Å². The van der Waals surface area contributed by atoms with Gasteiger partial charge in [-0.1, -0.05) is 222 Å². The quantitative estimate of drug-likeness (QED) is 0.111. The van der Waals surface area contributed by atoms with Crippen LogP contribution in [0.5, 0.6) is 0 Å². The normalized spacial score (nSPS) is 8.58. The van der Waals surface area contributed by atoms with Crippen LogP contribution in [0.25, 0.3) is 0 Å². The summed E-state index contributed by atoms with van der Waals surface area (Å²) in [6.07, 6.45) is 23.5. The minimum absolute atomic E-state index is 0. The summed E-state index contributed by atoms with van der Waals surface area (Å²) in [4.78, 5) is 20.6. The van der Waals surface area contributed by atoms with E-state index in [0.717, 1.165) is 63.5 Å². The molecule has 8 heteroatoms. The Bertz CT molecular complexity index is 577. The van der Waals surface area contributed by atoms with E-state index in [1.54, 1.807) is 0 Å². The number of rotatable bonds is 18. The van der Waals surface area contributed by atoms with Crippen LogP contribution in [0.1, 0.15) is 191 Å². The van der Waals surface area contributed by atoms with Crippen LogP contribution >= 0.6 is 0 Å². The number of aromatic carboxylic acids is 2. The Hall–Kier alpha value is -0.323. The fourth-order valence-electron chi connectivity index (χ4n) is 2.60. The van der Waals surface area contributed by atoms with Crippen LogP contribution in [-0.4, -0.2) is 73.0 Å². The number of benzene rings is 1. The molecule has 0 aliphatic heterocycles. The van der Waals surface area contributed by atoms with E-state index in [2.05, 4.69) is 69.2 Å². The first-order valence-corrected chi connectivity index (χ1v) is 18.0. The average molecular weight is 888 g/mol. The van der Waals surface area contributed by atoms with Crippen molar-refractivity contribution in [2.24, 2.45) is 0 Å². The summed E-state index contributed by atoms with van der Waals surface area (Å²) >= 11 is 0. The van der Waals surface area contributed by atoms with Gasteiger partial charge < -0.3 is 30.0 Å². The third kappa shape index (κ3) is 75.8. The Kier molecular flexibility index (Phi) is 94.3. The predicted molar refractivity (Wildman–Crippen MR) is 204 cm³/mol. The molecule has 1 aromatic carbocycles. The molecule has 0 spiro atoms. The Morgan fingerprint density at radius 1 is 0.458 bits per heavy atom. The number of carbonyl (C=O) groups is 2. The second kappa shape index (κ2) is 68.6. The van der Waals surface area contributed by atoms with Gasteiger partial charge in [-0.15, -0.1) is 13.2 Å². The number of carboxylic acid groups (broad SMARTS) is 2. The van der Waals surface area contributed by atoms with Gasteiger partial charge in [0.05, 0.1) is 11.9 Å². The monoisotopic (exact) mass is 890 g/mol. The smallest absolute Gasteiger partial charge is 0.854 e. The molecule has 1 rings (SSSR count). The van der Waals surface area contributed by atoms with Crippen molar-refractivity contribution >= 4 is 59.8 Å². The molecular weight excluding hydrogens is 814 g/mol. The Morgan fingerprint density at radius 2 is 0.667 bits per heavy atom. The zero-order valence-corrected chi connectivity index (χ0v) is 37.9. The molecule has 48 heavy (non-hydrogen) atoms. The molecule has 0 amide bonds. The van der Waals surface area contributed by atoms with Gasteiger partial charge in [-0.05, 0) is 0 Å². The topological polar surface area (TPSA) is 126 Å². The molecule has 0 heterocycles. The minimum Gasteiger partial charge on any atom is -0.854 e. The van der Waals surface area contributed by atoms with Crippen LogP contribution in [0.3, 0.4) is 0 Å². The van der Waals surface area contributed by atoms with Gasteiger partial charge in [0.25, 0.3) is 0 Å². The molecule has 278 valence electrons. The number of carbonyl (C=O) groups excluding carboxylic acids is 2. The Morgan fingerprint density at radius 3 is 0.833 bits per heavy atom. The third-order valence-electron chi connectivity index (χ3n) is 5.78. The summed E-state index contributed by atoms with van der Waals surface area (Å²) in [6.45, 7) is 27.5. The summed E-state index contributed by atoms with van der Waals surface area (Å²) in [6, 6.07) is 5.14. The fraction of sp³-hybridized carbons (Fsp3) is 0.700. The summed E-state index contributed by atoms with van der Waals surface area (Å²) in [5.74, 6) is -3.04. The first kappa shape index (κ1) is 66.0. The SMILES string of the molecule is CCCCCCCC[O-].CCCCCCCC[O-].O=C([O-])c1ccccc1C(=O)[O-].[CH2]CCC.[CH2]CCC.[CH2]CCC.[CH2]CCC.[Sn+2].[Sn+2]. The van der Waals surface area contributed by atoms with Gasteiger partial charge in [0.1, 0.15) is 0 Å². The van der Waals surface area contributed by atoms with E-state index >= 15 is 0 Å². The summed E-state index contributed by atoms with van der Waals surface area (Å²) in [7, 11) is 0. The van der Waals surface area contributed by atoms with Crippen molar-refractivity contribution < 1.29 is 30.0 Å². The van der Waals surface area contributed by atoms with Crippen molar-refractivity contribution in [2.75, 3.05) is 13.2 Å². The molecule has 6 nitrogen and oxygen atoms in total. The predicted octanol–water partition coefficient (Wildman–Crippen LogP) is 7.55. The van der Waals surface area contributed by atoms with Crippen molar-refractivity contribution in [3.63, 3.8) is 0 Å². The Balaban J connectivity index is -0.0000000678. The molecule has 0 fully saturated rings. The van der Waals surface area contributed by atoms with E-state index in [1.807, 2.05) is 0 Å². The molecule has 0 N–H and O–H groups in total. The third-order valence-corrected chi connectivity index (χ3v) is 5.78. The summed E-state index contributed by atoms with van der Waals surface area (Å²) in [5, 5.41) is 40.6. The van der Waals surface area contributed by atoms with E-state index in [9.17, 15) is 30.0 Å². The molecule has 8 radical (unpaired) electrons. The van der Waals surface area contributed by atoms with Crippen molar-refractivity contribution in [3.8, 4) is 0 Å². The Labute approximate surface area is 334 Å². The zero-order valence-electron chi connectivity index (χ0n) is 32.1. The molecule has 0 unspecified atom stereocenters. The molecule has 1 aromatic rings. The van der Waals surface area contributed by atoms with E-state index < -0.39 is 11.9 Å². The van der Waals surface area contributed by atoms with Gasteiger partial charge in [-0.2, -0.15) is 0 Å². The van der Waals surface area contributed by atoms with E-state index in [1.165, 1.54) is 89.2 Å². The van der Waals surface area contributed by atoms with Crippen molar-refractivity contribution in [1.29, 1.82) is 0 Å². The molecule has 0 aliphatic carbocycles. The second-order valence-corrected chi connectivity index (χ2v) is 10.5. The number of carboxylic acids is 2. The van der Waals surface area contributed by atoms with Crippen molar-refractivity contribution in [1.82, 2.24) is 0 Å². The van der Waals surface area contributed by atoms with Gasteiger partial charge in [0, 0.05) is 11.1 Å². The molecule has 0 saturated heterocycles. The van der Waals surface area contributed by atoms with Crippen LogP contribution in [0.15, 0.2) is 24.3 Å². The summed E-state index contributed by atoms with van der Waals surface area (Å²) in [5.41, 5.74) is -0.727. The zero-order chi connectivity index (χ0) is 36.7. The molecule has 0 atom stereocenters. The number of unbranched alkanes of at least 4 members (excludes halogenated alkanes) is 14. The van der Waals surface area contributed by atoms with Crippen LogP contribution in [0, 0.1) is 27.7 Å². The molecule has 0 bridgehead atoms. The molecular formula is C40H74O6Sn2. The maximum Gasteiger partial charge on any atom is 2.00 e. The maximum atomic E-state index is 10.3. The fourth-order valence-corrected chi connectivity index (χ4v) is 2.60. The molecule has 0 saturated carbocycles. The average Bonchev–Trinajstić information content (AvgIpc) is 3.09. The first-order chi connectivity index (χ1) is 22.1. The minimum atomic E-state index is -1.52. The van der Waals surface area contributed by atoms with Crippen LogP contribution in [-0.2, 0) is 0 Å². The van der Waals surface area contributed by atoms with E-state index in [4.69, 9.17) is 0 Å². The number of hydrogen-bond acceptors (Lipinski definition) is 6. The molecule has 0 aliphatic rings. The van der Waals surface area contributed by atoms with Gasteiger partial charge in [0.2, 0.25) is 0 Å². The van der Waals surface area contributed by atoms with Gasteiger partial charge >= 0.3 is 47.8 Å². The van der Waals surface area contributed by atoms with Gasteiger partial charge in [0.15, 0.2) is 0 Å². The second-order valence-electron chi connectivity index (χ2n) is 10.5. The first-order valence-electron chi connectivity index (χ1n) is 18.0. The van der Waals surface area contributed by atoms with Crippen molar-refractivity contribution in [3.05, 3.63) is 63.1 Å². The summed E-state index contributed by atoms with van der Waals surface area (Å²) < 4.78 is 0. The van der Waals surface area contributed by atoms with E-state index in [-0.39, 0.29) is 72.2 Å². The largest absolute Gasteiger partial charge is 2.00 e. The maximum absolute atomic E-state index is 10.3. The standard InChI is InChI=1S/C8H6O4.2C8H17O.4C4H9.2Sn/c9-7(10)5-3-1-2-4-6(5)8(11)12;2*1-2-3-4-5-6-7-8-9;4*1-3-4-2;;/h1-4H,(H,9,10)(H,11,12);2*2-8H2,1H3;4*1,3-4H2,2H3;;/q;2*-1;;;;;2*+2/p-2. The van der Waals surface area contributed by atoms with Crippen LogP contribution in [0.4, 0.5) is 0 Å².